The summed E-state index contributed by atoms with van der Waals surface area (Å²) >= 11 is 0. The predicted octanol–water partition coefficient (Wildman–Crippen LogP) is 13.4. The van der Waals surface area contributed by atoms with Crippen LogP contribution in [0.5, 0.6) is 0 Å². The van der Waals surface area contributed by atoms with Crippen LogP contribution in [0.3, 0.4) is 0 Å². The van der Waals surface area contributed by atoms with E-state index in [1.165, 1.54) is 93.9 Å². The molecule has 1 atom stereocenters. The van der Waals surface area contributed by atoms with Crippen LogP contribution in [-0.2, 0) is 0 Å². The van der Waals surface area contributed by atoms with E-state index in [0.29, 0.717) is 5.92 Å². The predicted molar refractivity (Wildman–Crippen MR) is 208 cm³/mol. The van der Waals surface area contributed by atoms with Gasteiger partial charge in [-0.2, -0.15) is 0 Å². The first kappa shape index (κ1) is 29.9. The Hall–Kier alpha value is -5.46. The van der Waals surface area contributed by atoms with E-state index >= 15 is 0 Å². The Balaban J connectivity index is 1.18. The largest absolute Gasteiger partial charge is 0.0830 e. The smallest absolute Gasteiger partial charge is 0.00620 e. The molecule has 0 heteroatoms. The summed E-state index contributed by atoms with van der Waals surface area (Å²) in [5.41, 5.74) is 16.6. The van der Waals surface area contributed by atoms with Crippen LogP contribution in [0.1, 0.15) is 45.7 Å². The van der Waals surface area contributed by atoms with Crippen molar-refractivity contribution in [3.63, 3.8) is 0 Å². The lowest BCUT2D eigenvalue weighted by Crippen LogP contribution is -2.00. The standard InChI is InChI=1S/C48H40/c1-31-19-32(2)22-42(21-31)45-28-44(29-46(30-45)43-23-33(3)20-34(4)24-43)39-13-8-11-37(26-39)36-10-7-12-38(25-36)40-17-18-48-41(27-40)16-15-35-9-5-6-14-47(35)48/h5-9,11-30,36H,10H2,1-4H3. The molecule has 0 aromatic heterocycles. The van der Waals surface area contributed by atoms with Crippen molar-refractivity contribution in [2.45, 2.75) is 40.0 Å². The highest BCUT2D eigenvalue weighted by Crippen LogP contribution is 2.38. The molecule has 0 fully saturated rings. The third-order valence-corrected chi connectivity index (χ3v) is 9.84. The van der Waals surface area contributed by atoms with Gasteiger partial charge in [-0.1, -0.05) is 150 Å². The van der Waals surface area contributed by atoms with E-state index in [1.54, 1.807) is 0 Å². The van der Waals surface area contributed by atoms with Gasteiger partial charge in [0.15, 0.2) is 0 Å². The SMILES string of the molecule is Cc1cc(C)cc(-c2cc(-c3cc(C)cc(C)c3)cc(-c3cccc(C4C=C(c5ccc6c(ccc7ccccc76)c5)C=CC4)c3)c2)c1. The minimum atomic E-state index is 0.318. The molecular weight excluding hydrogens is 577 g/mol. The average Bonchev–Trinajstić information content (AvgIpc) is 3.10. The van der Waals surface area contributed by atoms with Crippen molar-refractivity contribution in [1.29, 1.82) is 0 Å². The van der Waals surface area contributed by atoms with Gasteiger partial charge in [-0.05, 0) is 130 Å². The molecule has 7 aromatic carbocycles. The zero-order valence-corrected chi connectivity index (χ0v) is 28.2. The number of allylic oxidation sites excluding steroid dienone is 4. The van der Waals surface area contributed by atoms with Crippen molar-refractivity contribution in [3.05, 3.63) is 185 Å². The summed E-state index contributed by atoms with van der Waals surface area (Å²) in [7, 11) is 0. The maximum atomic E-state index is 2.47. The summed E-state index contributed by atoms with van der Waals surface area (Å²) in [6, 6.07) is 50.2. The lowest BCUT2D eigenvalue weighted by atomic mass is 9.85. The molecule has 0 radical (unpaired) electrons. The molecule has 8 rings (SSSR count). The molecule has 0 aliphatic heterocycles. The van der Waals surface area contributed by atoms with Gasteiger partial charge in [0.25, 0.3) is 0 Å². The number of benzene rings is 7. The maximum Gasteiger partial charge on any atom is 0.00620 e. The number of aryl methyl sites for hydroxylation is 4. The Kier molecular flexibility index (Phi) is 7.66. The van der Waals surface area contributed by atoms with E-state index in [4.69, 9.17) is 0 Å². The first-order valence-corrected chi connectivity index (χ1v) is 17.1. The van der Waals surface area contributed by atoms with Crippen molar-refractivity contribution in [1.82, 2.24) is 0 Å². The van der Waals surface area contributed by atoms with Crippen LogP contribution >= 0.6 is 0 Å². The van der Waals surface area contributed by atoms with Gasteiger partial charge in [0, 0.05) is 5.92 Å². The molecule has 7 aromatic rings. The fourth-order valence-electron chi connectivity index (χ4n) is 7.66. The van der Waals surface area contributed by atoms with Crippen LogP contribution in [0.4, 0.5) is 0 Å². The highest BCUT2D eigenvalue weighted by atomic mass is 14.2. The van der Waals surface area contributed by atoms with Gasteiger partial charge in [-0.3, -0.25) is 0 Å². The summed E-state index contributed by atoms with van der Waals surface area (Å²) in [5, 5.41) is 5.19. The van der Waals surface area contributed by atoms with Crippen LogP contribution in [0.2, 0.25) is 0 Å². The Labute approximate surface area is 284 Å². The van der Waals surface area contributed by atoms with Crippen molar-refractivity contribution >= 4 is 27.1 Å². The Morgan fingerprint density at radius 3 is 1.69 bits per heavy atom. The summed E-state index contributed by atoms with van der Waals surface area (Å²) in [6.45, 7) is 8.76. The monoisotopic (exact) mass is 616 g/mol. The van der Waals surface area contributed by atoms with Crippen LogP contribution < -0.4 is 0 Å². The molecule has 0 N–H and O–H groups in total. The topological polar surface area (TPSA) is 0 Å². The van der Waals surface area contributed by atoms with Gasteiger partial charge in [-0.25, -0.2) is 0 Å². The molecule has 0 saturated heterocycles. The zero-order valence-electron chi connectivity index (χ0n) is 28.2. The van der Waals surface area contributed by atoms with E-state index in [-0.39, 0.29) is 0 Å². The molecule has 1 aliphatic rings. The van der Waals surface area contributed by atoms with Gasteiger partial charge < -0.3 is 0 Å². The number of fused-ring (bicyclic) bond motifs is 3. The molecule has 0 amide bonds. The molecule has 0 bridgehead atoms. The number of hydrogen-bond donors (Lipinski definition) is 0. The Morgan fingerprint density at radius 2 is 1.00 bits per heavy atom. The van der Waals surface area contributed by atoms with E-state index in [1.807, 2.05) is 0 Å². The first-order valence-electron chi connectivity index (χ1n) is 17.1. The van der Waals surface area contributed by atoms with Crippen molar-refractivity contribution in [3.8, 4) is 33.4 Å². The highest BCUT2D eigenvalue weighted by Gasteiger charge is 2.16. The van der Waals surface area contributed by atoms with E-state index in [0.717, 1.165) is 6.42 Å². The maximum absolute atomic E-state index is 2.47. The number of rotatable bonds is 5. The normalized spacial score (nSPS) is 14.4. The molecule has 1 aliphatic carbocycles. The van der Waals surface area contributed by atoms with Crippen LogP contribution in [-0.4, -0.2) is 0 Å². The highest BCUT2D eigenvalue weighted by molar-refractivity contribution is 6.08. The summed E-state index contributed by atoms with van der Waals surface area (Å²) < 4.78 is 0. The van der Waals surface area contributed by atoms with Gasteiger partial charge in [0.1, 0.15) is 0 Å². The van der Waals surface area contributed by atoms with Crippen molar-refractivity contribution in [2.75, 3.05) is 0 Å². The fraction of sp³-hybridized carbons (Fsp3) is 0.125. The van der Waals surface area contributed by atoms with Crippen LogP contribution in [0.25, 0.3) is 60.5 Å². The second-order valence-corrected chi connectivity index (χ2v) is 13.8. The molecule has 0 spiro atoms. The van der Waals surface area contributed by atoms with Gasteiger partial charge in [0.05, 0.1) is 0 Å². The summed E-state index contributed by atoms with van der Waals surface area (Å²) in [5.74, 6) is 0.318. The molecule has 0 saturated carbocycles. The number of hydrogen-bond acceptors (Lipinski definition) is 0. The third kappa shape index (κ3) is 5.91. The minimum Gasteiger partial charge on any atom is -0.0830 e. The van der Waals surface area contributed by atoms with Gasteiger partial charge in [-0.15, -0.1) is 0 Å². The lowest BCUT2D eigenvalue weighted by molar-refractivity contribution is 0.857. The van der Waals surface area contributed by atoms with E-state index in [9.17, 15) is 0 Å². The second-order valence-electron chi connectivity index (χ2n) is 13.8. The Morgan fingerprint density at radius 1 is 0.417 bits per heavy atom. The van der Waals surface area contributed by atoms with Gasteiger partial charge >= 0.3 is 0 Å². The second kappa shape index (κ2) is 12.3. The average molecular weight is 617 g/mol. The molecule has 0 heterocycles. The van der Waals surface area contributed by atoms with Crippen molar-refractivity contribution < 1.29 is 0 Å². The van der Waals surface area contributed by atoms with Crippen LogP contribution in [0, 0.1) is 27.7 Å². The molecule has 48 heavy (non-hydrogen) atoms. The summed E-state index contributed by atoms with van der Waals surface area (Å²) in [6.07, 6.45) is 8.11. The van der Waals surface area contributed by atoms with Crippen molar-refractivity contribution in [2.24, 2.45) is 0 Å². The Bertz CT molecular complexity index is 2300. The summed E-state index contributed by atoms with van der Waals surface area (Å²) in [4.78, 5) is 0. The van der Waals surface area contributed by atoms with E-state index < -0.39 is 0 Å². The fourth-order valence-corrected chi connectivity index (χ4v) is 7.66. The lowest BCUT2D eigenvalue weighted by Gasteiger charge is -2.19. The molecule has 1 unspecified atom stereocenters. The minimum absolute atomic E-state index is 0.318. The molecular formula is C48H40. The molecule has 232 valence electrons. The first-order chi connectivity index (χ1) is 23.4. The zero-order chi connectivity index (χ0) is 32.8. The van der Waals surface area contributed by atoms with Gasteiger partial charge in [0.2, 0.25) is 0 Å². The van der Waals surface area contributed by atoms with Crippen LogP contribution in [0.15, 0.2) is 152 Å². The van der Waals surface area contributed by atoms with E-state index in [2.05, 4.69) is 179 Å². The molecule has 0 nitrogen and oxygen atoms in total. The third-order valence-electron chi connectivity index (χ3n) is 9.84. The quantitative estimate of drug-likeness (QED) is 0.169.